The molecule has 0 radical (unpaired) electrons. The summed E-state index contributed by atoms with van der Waals surface area (Å²) in [5.74, 6) is 0. The Hall–Kier alpha value is -0.860. The number of rotatable bonds is 25. The molecule has 2 aromatic rings. The molecule has 0 spiro atoms. The lowest BCUT2D eigenvalue weighted by molar-refractivity contribution is 0.556. The Balaban J connectivity index is 1.64. The Labute approximate surface area is 245 Å². The summed E-state index contributed by atoms with van der Waals surface area (Å²) in [6.45, 7) is 4.60. The topological polar surface area (TPSA) is 0 Å². The van der Waals surface area contributed by atoms with Crippen molar-refractivity contribution >= 4 is 21.6 Å². The highest BCUT2D eigenvalue weighted by Gasteiger charge is 2.07. The summed E-state index contributed by atoms with van der Waals surface area (Å²) in [5.41, 5.74) is 3.08. The van der Waals surface area contributed by atoms with Gasteiger partial charge in [0.05, 0.1) is 0 Å². The molecule has 0 nitrogen and oxygen atoms in total. The second kappa shape index (κ2) is 24.0. The van der Waals surface area contributed by atoms with E-state index in [2.05, 4.69) is 62.4 Å². The summed E-state index contributed by atoms with van der Waals surface area (Å²) in [4.78, 5) is 2.92. The van der Waals surface area contributed by atoms with Crippen molar-refractivity contribution in [2.24, 2.45) is 0 Å². The van der Waals surface area contributed by atoms with E-state index in [9.17, 15) is 0 Å². The molecule has 0 aliphatic heterocycles. The van der Waals surface area contributed by atoms with Gasteiger partial charge in [-0.15, -0.1) is 0 Å². The third-order valence-electron chi connectivity index (χ3n) is 7.77. The third kappa shape index (κ3) is 16.3. The first-order valence-corrected chi connectivity index (χ1v) is 18.5. The van der Waals surface area contributed by atoms with Gasteiger partial charge < -0.3 is 0 Å². The highest BCUT2D eigenvalue weighted by molar-refractivity contribution is 8.76. The summed E-state index contributed by atoms with van der Waals surface area (Å²) in [7, 11) is 3.94. The van der Waals surface area contributed by atoms with Crippen LogP contribution in [0.1, 0.15) is 153 Å². The van der Waals surface area contributed by atoms with Gasteiger partial charge in [0, 0.05) is 9.79 Å². The molecule has 0 aliphatic carbocycles. The number of benzene rings is 2. The maximum atomic E-state index is 2.35. The minimum absolute atomic E-state index is 1.22. The summed E-state index contributed by atoms with van der Waals surface area (Å²) < 4.78 is 0. The summed E-state index contributed by atoms with van der Waals surface area (Å²) >= 11 is 0. The van der Waals surface area contributed by atoms with E-state index in [-0.39, 0.29) is 0 Å². The molecule has 2 rings (SSSR count). The van der Waals surface area contributed by atoms with Crippen molar-refractivity contribution in [3.8, 4) is 0 Å². The van der Waals surface area contributed by atoms with Crippen LogP contribution in [0.15, 0.2) is 58.3 Å². The quantitative estimate of drug-likeness (QED) is 0.0884. The van der Waals surface area contributed by atoms with E-state index in [1.165, 1.54) is 162 Å². The van der Waals surface area contributed by atoms with E-state index < -0.39 is 0 Å². The van der Waals surface area contributed by atoms with E-state index in [0.29, 0.717) is 0 Å². The zero-order chi connectivity index (χ0) is 26.9. The Morgan fingerprint density at radius 2 is 0.658 bits per heavy atom. The maximum absolute atomic E-state index is 2.35. The SMILES string of the molecule is CCCCCCCCCCCCc1ccccc1SSc1ccccc1CCCCCCCCCCCC. The molecule has 38 heavy (non-hydrogen) atoms. The molecule has 0 amide bonds. The number of hydrogen-bond donors (Lipinski definition) is 0. The molecule has 0 aliphatic rings. The van der Waals surface area contributed by atoms with Crippen LogP contribution in [-0.2, 0) is 12.8 Å². The molecule has 0 saturated carbocycles. The second-order valence-corrected chi connectivity index (χ2v) is 13.5. The van der Waals surface area contributed by atoms with Gasteiger partial charge in [0.25, 0.3) is 0 Å². The summed E-state index contributed by atoms with van der Waals surface area (Å²) in [5, 5.41) is 0. The molecule has 2 aromatic carbocycles. The molecule has 0 heterocycles. The van der Waals surface area contributed by atoms with Crippen molar-refractivity contribution < 1.29 is 0 Å². The molecule has 2 heteroatoms. The maximum Gasteiger partial charge on any atom is 0.0218 e. The lowest BCUT2D eigenvalue weighted by Crippen LogP contribution is -1.90. The van der Waals surface area contributed by atoms with Crippen molar-refractivity contribution in [1.82, 2.24) is 0 Å². The van der Waals surface area contributed by atoms with Crippen LogP contribution in [0.5, 0.6) is 0 Å². The first-order chi connectivity index (χ1) is 18.8. The Morgan fingerprint density at radius 1 is 0.368 bits per heavy atom. The lowest BCUT2D eigenvalue weighted by Gasteiger charge is -2.11. The van der Waals surface area contributed by atoms with Gasteiger partial charge in [0.1, 0.15) is 0 Å². The molecule has 0 unspecified atom stereocenters. The minimum Gasteiger partial charge on any atom is -0.0654 e. The van der Waals surface area contributed by atoms with Crippen LogP contribution in [0, 0.1) is 0 Å². The van der Waals surface area contributed by atoms with Gasteiger partial charge in [-0.05, 0) is 48.9 Å². The van der Waals surface area contributed by atoms with Crippen molar-refractivity contribution in [3.63, 3.8) is 0 Å². The molecule has 0 fully saturated rings. The monoisotopic (exact) mass is 554 g/mol. The zero-order valence-corrected chi connectivity index (χ0v) is 26.6. The van der Waals surface area contributed by atoms with E-state index in [1.54, 1.807) is 0 Å². The summed E-state index contributed by atoms with van der Waals surface area (Å²) in [6.07, 6.45) is 30.6. The number of aryl methyl sites for hydroxylation is 2. The van der Waals surface area contributed by atoms with E-state index >= 15 is 0 Å². The molecule has 0 aromatic heterocycles. The lowest BCUT2D eigenvalue weighted by atomic mass is 10.0. The van der Waals surface area contributed by atoms with E-state index in [4.69, 9.17) is 0 Å². The van der Waals surface area contributed by atoms with Crippen LogP contribution in [-0.4, -0.2) is 0 Å². The van der Waals surface area contributed by atoms with Gasteiger partial charge in [0.15, 0.2) is 0 Å². The first-order valence-electron chi connectivity index (χ1n) is 16.4. The largest absolute Gasteiger partial charge is 0.0654 e. The highest BCUT2D eigenvalue weighted by atomic mass is 33.1. The predicted octanol–water partition coefficient (Wildman–Crippen LogP) is 13.4. The van der Waals surface area contributed by atoms with Gasteiger partial charge in [-0.1, -0.05) is 187 Å². The molecule has 0 N–H and O–H groups in total. The average Bonchev–Trinajstić information content (AvgIpc) is 2.95. The first kappa shape index (κ1) is 33.3. The number of unbranched alkanes of at least 4 members (excludes halogenated alkanes) is 18. The smallest absolute Gasteiger partial charge is 0.0218 e. The van der Waals surface area contributed by atoms with Crippen LogP contribution in [0.4, 0.5) is 0 Å². The normalized spacial score (nSPS) is 11.3. The van der Waals surface area contributed by atoms with Gasteiger partial charge in [-0.25, -0.2) is 0 Å². The fourth-order valence-corrected chi connectivity index (χ4v) is 7.80. The molecular weight excluding hydrogens is 497 g/mol. The molecular formula is C36H58S2. The van der Waals surface area contributed by atoms with Gasteiger partial charge in [0.2, 0.25) is 0 Å². The molecule has 0 bridgehead atoms. The van der Waals surface area contributed by atoms with E-state index in [1.807, 2.05) is 21.6 Å². The van der Waals surface area contributed by atoms with Gasteiger partial charge >= 0.3 is 0 Å². The van der Waals surface area contributed by atoms with Crippen LogP contribution in [0.2, 0.25) is 0 Å². The fraction of sp³-hybridized carbons (Fsp3) is 0.667. The third-order valence-corrected chi connectivity index (χ3v) is 10.3. The summed E-state index contributed by atoms with van der Waals surface area (Å²) in [6, 6.07) is 18.2. The highest BCUT2D eigenvalue weighted by Crippen LogP contribution is 2.41. The van der Waals surface area contributed by atoms with Crippen LogP contribution < -0.4 is 0 Å². The molecule has 214 valence electrons. The van der Waals surface area contributed by atoms with Gasteiger partial charge in [-0.2, -0.15) is 0 Å². The zero-order valence-electron chi connectivity index (χ0n) is 25.0. The Bertz CT molecular complexity index is 732. The van der Waals surface area contributed by atoms with E-state index in [0.717, 1.165) is 0 Å². The van der Waals surface area contributed by atoms with Crippen LogP contribution in [0.3, 0.4) is 0 Å². The fourth-order valence-electron chi connectivity index (χ4n) is 5.28. The van der Waals surface area contributed by atoms with Crippen molar-refractivity contribution in [2.75, 3.05) is 0 Å². The Morgan fingerprint density at radius 3 is 1.00 bits per heavy atom. The van der Waals surface area contributed by atoms with Crippen molar-refractivity contribution in [1.29, 1.82) is 0 Å². The van der Waals surface area contributed by atoms with Gasteiger partial charge in [-0.3, -0.25) is 0 Å². The van der Waals surface area contributed by atoms with Crippen molar-refractivity contribution in [3.05, 3.63) is 59.7 Å². The minimum atomic E-state index is 1.22. The molecule has 0 saturated heterocycles. The molecule has 0 atom stereocenters. The second-order valence-electron chi connectivity index (χ2n) is 11.2. The van der Waals surface area contributed by atoms with Crippen molar-refractivity contribution in [2.45, 2.75) is 165 Å². The average molecular weight is 555 g/mol. The number of hydrogen-bond acceptors (Lipinski definition) is 2. The van der Waals surface area contributed by atoms with Crippen LogP contribution in [0.25, 0.3) is 0 Å². The standard InChI is InChI=1S/C36H58S2/c1-3-5-7-9-11-13-15-17-19-21-27-33-29-23-25-31-35(33)37-38-36-32-26-24-30-34(36)28-22-20-18-16-14-12-10-8-6-4-2/h23-26,29-32H,3-22,27-28H2,1-2H3. The Kier molecular flexibility index (Phi) is 21.0. The predicted molar refractivity (Wildman–Crippen MR) is 176 cm³/mol. The van der Waals surface area contributed by atoms with Crippen LogP contribution >= 0.6 is 21.6 Å².